The second-order valence-corrected chi connectivity index (χ2v) is 4.47. The number of rotatable bonds is 5. The van der Waals surface area contributed by atoms with E-state index in [-0.39, 0.29) is 0 Å². The third-order valence-electron chi connectivity index (χ3n) is 1.98. The smallest absolute Gasteiger partial charge is 0.0386 e. The van der Waals surface area contributed by atoms with Gasteiger partial charge in [-0.15, -0.1) is 11.3 Å². The Balaban J connectivity index is 2.22. The zero-order valence-electron chi connectivity index (χ0n) is 8.58. The van der Waals surface area contributed by atoms with Crippen molar-refractivity contribution in [3.05, 3.63) is 22.4 Å². The van der Waals surface area contributed by atoms with Crippen molar-refractivity contribution in [1.29, 1.82) is 0 Å². The summed E-state index contributed by atoms with van der Waals surface area (Å²) >= 11 is 1.81. The fourth-order valence-corrected chi connectivity index (χ4v) is 1.90. The van der Waals surface area contributed by atoms with Crippen molar-refractivity contribution in [2.75, 3.05) is 27.2 Å². The number of likely N-dealkylation sites (N-methyl/N-ethyl adjacent to an activating group) is 1. The summed E-state index contributed by atoms with van der Waals surface area (Å²) in [4.78, 5) is 3.60. The molecule has 0 spiro atoms. The zero-order chi connectivity index (χ0) is 9.68. The molecule has 1 unspecified atom stereocenters. The first-order chi connectivity index (χ1) is 6.20. The summed E-state index contributed by atoms with van der Waals surface area (Å²) in [7, 11) is 4.19. The molecule has 0 saturated heterocycles. The van der Waals surface area contributed by atoms with Gasteiger partial charge in [-0.25, -0.2) is 0 Å². The van der Waals surface area contributed by atoms with E-state index in [4.69, 9.17) is 0 Å². The lowest BCUT2D eigenvalue weighted by Gasteiger charge is -2.14. The summed E-state index contributed by atoms with van der Waals surface area (Å²) in [6.07, 6.45) is 0. The zero-order valence-corrected chi connectivity index (χ0v) is 9.40. The number of nitrogens with zero attached hydrogens (tertiary/aromatic N) is 1. The molecule has 0 aliphatic carbocycles. The second-order valence-electron chi connectivity index (χ2n) is 3.49. The van der Waals surface area contributed by atoms with Gasteiger partial charge in [0.15, 0.2) is 0 Å². The first kappa shape index (κ1) is 10.7. The van der Waals surface area contributed by atoms with Gasteiger partial charge < -0.3 is 10.2 Å². The molecule has 1 aromatic heterocycles. The Labute approximate surface area is 84.6 Å². The Kier molecular flexibility index (Phi) is 4.42. The number of hydrogen-bond acceptors (Lipinski definition) is 3. The summed E-state index contributed by atoms with van der Waals surface area (Å²) in [5.41, 5.74) is 0. The van der Waals surface area contributed by atoms with E-state index in [9.17, 15) is 0 Å². The van der Waals surface area contributed by atoms with E-state index in [0.29, 0.717) is 6.04 Å². The monoisotopic (exact) mass is 198 g/mol. The molecule has 2 nitrogen and oxygen atoms in total. The molecule has 1 aromatic rings. The van der Waals surface area contributed by atoms with Crippen LogP contribution in [-0.4, -0.2) is 32.1 Å². The molecular weight excluding hydrogens is 180 g/mol. The Morgan fingerprint density at radius 1 is 1.54 bits per heavy atom. The maximum atomic E-state index is 3.49. The standard InChI is InChI=1S/C10H18N2S/c1-9(10-5-4-8-13-10)11-6-7-12(2)3/h4-5,8-9,11H,6-7H2,1-3H3. The third kappa shape index (κ3) is 3.89. The fourth-order valence-electron chi connectivity index (χ4n) is 1.14. The van der Waals surface area contributed by atoms with E-state index < -0.39 is 0 Å². The molecule has 0 amide bonds. The minimum Gasteiger partial charge on any atom is -0.308 e. The first-order valence-electron chi connectivity index (χ1n) is 4.61. The molecule has 1 N–H and O–H groups in total. The summed E-state index contributed by atoms with van der Waals surface area (Å²) in [6, 6.07) is 4.77. The van der Waals surface area contributed by atoms with E-state index in [1.165, 1.54) is 4.88 Å². The van der Waals surface area contributed by atoms with Crippen molar-refractivity contribution < 1.29 is 0 Å². The van der Waals surface area contributed by atoms with Gasteiger partial charge in [-0.1, -0.05) is 6.07 Å². The van der Waals surface area contributed by atoms with Crippen molar-refractivity contribution >= 4 is 11.3 Å². The number of hydrogen-bond donors (Lipinski definition) is 1. The van der Waals surface area contributed by atoms with Gasteiger partial charge in [0.2, 0.25) is 0 Å². The van der Waals surface area contributed by atoms with Crippen LogP contribution in [0, 0.1) is 0 Å². The molecule has 0 aliphatic rings. The maximum absolute atomic E-state index is 3.49. The van der Waals surface area contributed by atoms with Gasteiger partial charge in [0.05, 0.1) is 0 Å². The SMILES string of the molecule is CC(NCCN(C)C)c1cccs1. The highest BCUT2D eigenvalue weighted by atomic mass is 32.1. The normalized spacial score (nSPS) is 13.5. The van der Waals surface area contributed by atoms with E-state index in [1.54, 1.807) is 0 Å². The molecule has 74 valence electrons. The van der Waals surface area contributed by atoms with Crippen molar-refractivity contribution in [3.63, 3.8) is 0 Å². The summed E-state index contributed by atoms with van der Waals surface area (Å²) in [5.74, 6) is 0. The number of nitrogens with one attached hydrogen (secondary N) is 1. The minimum absolute atomic E-state index is 0.486. The fraction of sp³-hybridized carbons (Fsp3) is 0.600. The molecule has 1 rings (SSSR count). The molecular formula is C10H18N2S. The second kappa shape index (κ2) is 5.37. The number of thiophene rings is 1. The van der Waals surface area contributed by atoms with Crippen LogP contribution in [0.1, 0.15) is 17.8 Å². The summed E-state index contributed by atoms with van der Waals surface area (Å²) in [6.45, 7) is 4.35. The van der Waals surface area contributed by atoms with Crippen LogP contribution in [0.4, 0.5) is 0 Å². The van der Waals surface area contributed by atoms with E-state index in [1.807, 2.05) is 11.3 Å². The largest absolute Gasteiger partial charge is 0.308 e. The van der Waals surface area contributed by atoms with Gasteiger partial charge in [0.25, 0.3) is 0 Å². The van der Waals surface area contributed by atoms with Crippen LogP contribution in [0.3, 0.4) is 0 Å². The average Bonchev–Trinajstić information content (AvgIpc) is 2.55. The van der Waals surface area contributed by atoms with Crippen molar-refractivity contribution in [1.82, 2.24) is 10.2 Å². The lowest BCUT2D eigenvalue weighted by atomic mass is 10.3. The van der Waals surface area contributed by atoms with E-state index in [0.717, 1.165) is 13.1 Å². The summed E-state index contributed by atoms with van der Waals surface area (Å²) < 4.78 is 0. The molecule has 3 heteroatoms. The van der Waals surface area contributed by atoms with E-state index in [2.05, 4.69) is 48.7 Å². The van der Waals surface area contributed by atoms with Gasteiger partial charge in [0.1, 0.15) is 0 Å². The average molecular weight is 198 g/mol. The molecule has 0 aliphatic heterocycles. The van der Waals surface area contributed by atoms with Crippen LogP contribution in [0.2, 0.25) is 0 Å². The summed E-state index contributed by atoms with van der Waals surface area (Å²) in [5, 5.41) is 5.61. The highest BCUT2D eigenvalue weighted by Crippen LogP contribution is 2.17. The quantitative estimate of drug-likeness (QED) is 0.778. The lowest BCUT2D eigenvalue weighted by Crippen LogP contribution is -2.28. The first-order valence-corrected chi connectivity index (χ1v) is 5.49. The predicted molar refractivity (Wildman–Crippen MR) is 59.3 cm³/mol. The molecule has 0 aromatic carbocycles. The predicted octanol–water partition coefficient (Wildman–Crippen LogP) is 1.96. The highest BCUT2D eigenvalue weighted by molar-refractivity contribution is 7.10. The van der Waals surface area contributed by atoms with Gasteiger partial charge >= 0.3 is 0 Å². The van der Waals surface area contributed by atoms with Crippen LogP contribution in [0.15, 0.2) is 17.5 Å². The van der Waals surface area contributed by atoms with Crippen LogP contribution in [-0.2, 0) is 0 Å². The molecule has 1 atom stereocenters. The van der Waals surface area contributed by atoms with Crippen molar-refractivity contribution in [3.8, 4) is 0 Å². The van der Waals surface area contributed by atoms with Gasteiger partial charge in [0, 0.05) is 24.0 Å². The topological polar surface area (TPSA) is 15.3 Å². The Bertz CT molecular complexity index is 219. The van der Waals surface area contributed by atoms with Crippen LogP contribution in [0.25, 0.3) is 0 Å². The molecule has 0 radical (unpaired) electrons. The molecule has 0 fully saturated rings. The minimum atomic E-state index is 0.486. The third-order valence-corrected chi connectivity index (χ3v) is 3.03. The van der Waals surface area contributed by atoms with Crippen LogP contribution < -0.4 is 5.32 Å². The molecule has 0 bridgehead atoms. The maximum Gasteiger partial charge on any atom is 0.0386 e. The van der Waals surface area contributed by atoms with Gasteiger partial charge in [-0.2, -0.15) is 0 Å². The van der Waals surface area contributed by atoms with Gasteiger partial charge in [-0.05, 0) is 32.5 Å². The Morgan fingerprint density at radius 2 is 2.31 bits per heavy atom. The van der Waals surface area contributed by atoms with Gasteiger partial charge in [-0.3, -0.25) is 0 Å². The molecule has 1 heterocycles. The Morgan fingerprint density at radius 3 is 2.85 bits per heavy atom. The van der Waals surface area contributed by atoms with Crippen LogP contribution >= 0.6 is 11.3 Å². The molecule has 0 saturated carbocycles. The lowest BCUT2D eigenvalue weighted by molar-refractivity contribution is 0.390. The van der Waals surface area contributed by atoms with Crippen molar-refractivity contribution in [2.24, 2.45) is 0 Å². The van der Waals surface area contributed by atoms with Crippen LogP contribution in [0.5, 0.6) is 0 Å². The Hall–Kier alpha value is -0.380. The molecule has 13 heavy (non-hydrogen) atoms. The van der Waals surface area contributed by atoms with Crippen molar-refractivity contribution in [2.45, 2.75) is 13.0 Å². The highest BCUT2D eigenvalue weighted by Gasteiger charge is 2.04. The van der Waals surface area contributed by atoms with E-state index >= 15 is 0 Å².